The first-order valence-corrected chi connectivity index (χ1v) is 6.67. The number of aliphatic hydroxyl groups excluding tert-OH is 2. The smallest absolute Gasteiger partial charge is 0.0874 e. The van der Waals surface area contributed by atoms with Gasteiger partial charge in [-0.2, -0.15) is 0 Å². The molecule has 0 aliphatic heterocycles. The van der Waals surface area contributed by atoms with Crippen molar-refractivity contribution in [2.45, 2.75) is 18.4 Å². The summed E-state index contributed by atoms with van der Waals surface area (Å²) < 4.78 is 0. The lowest BCUT2D eigenvalue weighted by Crippen LogP contribution is -2.20. The Kier molecular flexibility index (Phi) is 3.13. The summed E-state index contributed by atoms with van der Waals surface area (Å²) in [7, 11) is 0. The van der Waals surface area contributed by atoms with Crippen LogP contribution in [0.2, 0.25) is 0 Å². The van der Waals surface area contributed by atoms with Crippen LogP contribution in [0.25, 0.3) is 0 Å². The highest BCUT2D eigenvalue weighted by molar-refractivity contribution is 5.34. The van der Waals surface area contributed by atoms with E-state index in [9.17, 15) is 10.2 Å². The van der Waals surface area contributed by atoms with Crippen molar-refractivity contribution in [3.05, 3.63) is 71.8 Å². The number of benzene rings is 2. The Morgan fingerprint density at radius 3 is 2.16 bits per heavy atom. The first-order chi connectivity index (χ1) is 9.28. The molecule has 0 amide bonds. The molecule has 0 saturated heterocycles. The van der Waals surface area contributed by atoms with Crippen LogP contribution in [0.5, 0.6) is 0 Å². The zero-order valence-corrected chi connectivity index (χ0v) is 10.7. The summed E-state index contributed by atoms with van der Waals surface area (Å²) in [5.74, 6) is 0.244. The van der Waals surface area contributed by atoms with Crippen LogP contribution in [-0.4, -0.2) is 16.8 Å². The summed E-state index contributed by atoms with van der Waals surface area (Å²) in [4.78, 5) is 0. The molecule has 2 heteroatoms. The summed E-state index contributed by atoms with van der Waals surface area (Å²) in [6.07, 6.45) is 0.229. The summed E-state index contributed by atoms with van der Waals surface area (Å²) in [5, 5.41) is 20.3. The normalized spacial score (nSPS) is 26.9. The molecule has 19 heavy (non-hydrogen) atoms. The van der Waals surface area contributed by atoms with Crippen molar-refractivity contribution < 1.29 is 10.2 Å². The van der Waals surface area contributed by atoms with Gasteiger partial charge < -0.3 is 10.2 Å². The van der Waals surface area contributed by atoms with Gasteiger partial charge in [0.15, 0.2) is 0 Å². The van der Waals surface area contributed by atoms with Crippen molar-refractivity contribution in [2.24, 2.45) is 5.41 Å². The summed E-state index contributed by atoms with van der Waals surface area (Å²) >= 11 is 0. The Balaban J connectivity index is 1.87. The van der Waals surface area contributed by atoms with Crippen LogP contribution in [0.3, 0.4) is 0 Å². The minimum atomic E-state index is -0.607. The molecule has 0 heterocycles. The van der Waals surface area contributed by atoms with E-state index in [0.29, 0.717) is 0 Å². The third-order valence-electron chi connectivity index (χ3n) is 4.27. The first kappa shape index (κ1) is 12.4. The lowest BCUT2D eigenvalue weighted by atomic mass is 9.89. The van der Waals surface area contributed by atoms with Gasteiger partial charge in [-0.1, -0.05) is 60.7 Å². The summed E-state index contributed by atoms with van der Waals surface area (Å²) in [6.45, 7) is 0.0165. The van der Waals surface area contributed by atoms with E-state index in [1.54, 1.807) is 0 Å². The molecule has 0 bridgehead atoms. The standard InChI is InChI=1S/C17H18O2/c18-12-17(16(19)14-9-5-2-6-10-14)11-15(17)13-7-3-1-4-8-13/h1-10,15-16,18-19H,11-12H2. The number of rotatable bonds is 4. The molecule has 2 aromatic carbocycles. The van der Waals surface area contributed by atoms with E-state index in [1.165, 1.54) is 5.56 Å². The third kappa shape index (κ3) is 2.07. The Morgan fingerprint density at radius 2 is 1.58 bits per heavy atom. The third-order valence-corrected chi connectivity index (χ3v) is 4.27. The highest BCUT2D eigenvalue weighted by Crippen LogP contribution is 2.65. The van der Waals surface area contributed by atoms with Gasteiger partial charge in [-0.25, -0.2) is 0 Å². The maximum atomic E-state index is 10.6. The van der Waals surface area contributed by atoms with E-state index in [-0.39, 0.29) is 12.5 Å². The van der Waals surface area contributed by atoms with E-state index in [1.807, 2.05) is 48.5 Å². The van der Waals surface area contributed by atoms with Crippen LogP contribution in [0.4, 0.5) is 0 Å². The molecule has 2 aromatic rings. The Bertz CT molecular complexity index is 538. The average Bonchev–Trinajstić information content (AvgIpc) is 3.24. The lowest BCUT2D eigenvalue weighted by molar-refractivity contribution is 0.0460. The predicted molar refractivity (Wildman–Crippen MR) is 74.7 cm³/mol. The first-order valence-electron chi connectivity index (χ1n) is 6.67. The maximum absolute atomic E-state index is 10.6. The molecular formula is C17H18O2. The van der Waals surface area contributed by atoms with Crippen LogP contribution >= 0.6 is 0 Å². The van der Waals surface area contributed by atoms with Crippen molar-refractivity contribution in [3.8, 4) is 0 Å². The zero-order valence-electron chi connectivity index (χ0n) is 10.7. The Morgan fingerprint density at radius 1 is 1.00 bits per heavy atom. The molecular weight excluding hydrogens is 236 g/mol. The van der Waals surface area contributed by atoms with Gasteiger partial charge in [0.05, 0.1) is 12.7 Å². The van der Waals surface area contributed by atoms with E-state index in [2.05, 4.69) is 12.1 Å². The van der Waals surface area contributed by atoms with E-state index in [0.717, 1.165) is 12.0 Å². The van der Waals surface area contributed by atoms with Crippen molar-refractivity contribution in [1.82, 2.24) is 0 Å². The van der Waals surface area contributed by atoms with Crippen molar-refractivity contribution in [3.63, 3.8) is 0 Å². The largest absolute Gasteiger partial charge is 0.396 e. The van der Waals surface area contributed by atoms with E-state index >= 15 is 0 Å². The summed E-state index contributed by atoms with van der Waals surface area (Å²) in [6, 6.07) is 19.7. The number of hydrogen-bond donors (Lipinski definition) is 2. The predicted octanol–water partition coefficient (Wildman–Crippen LogP) is 2.89. The van der Waals surface area contributed by atoms with E-state index < -0.39 is 11.5 Å². The van der Waals surface area contributed by atoms with Crippen molar-refractivity contribution in [2.75, 3.05) is 6.61 Å². The zero-order chi connectivity index (χ0) is 13.3. The fourth-order valence-electron chi connectivity index (χ4n) is 2.99. The Labute approximate surface area is 113 Å². The van der Waals surface area contributed by atoms with Crippen LogP contribution in [0.15, 0.2) is 60.7 Å². The average molecular weight is 254 g/mol. The van der Waals surface area contributed by atoms with Crippen molar-refractivity contribution >= 4 is 0 Å². The second kappa shape index (κ2) is 4.80. The molecule has 0 aromatic heterocycles. The molecule has 3 atom stereocenters. The van der Waals surface area contributed by atoms with Gasteiger partial charge in [-0.15, -0.1) is 0 Å². The van der Waals surface area contributed by atoms with Crippen molar-refractivity contribution in [1.29, 1.82) is 0 Å². The van der Waals surface area contributed by atoms with Crippen LogP contribution in [-0.2, 0) is 0 Å². The quantitative estimate of drug-likeness (QED) is 0.880. The minimum Gasteiger partial charge on any atom is -0.396 e. The number of hydrogen-bond acceptors (Lipinski definition) is 2. The fourth-order valence-corrected chi connectivity index (χ4v) is 2.99. The monoisotopic (exact) mass is 254 g/mol. The van der Waals surface area contributed by atoms with Gasteiger partial charge in [0, 0.05) is 5.41 Å². The highest BCUT2D eigenvalue weighted by Gasteiger charge is 2.59. The second-order valence-electron chi connectivity index (χ2n) is 5.37. The minimum absolute atomic E-state index is 0.0165. The molecule has 1 fully saturated rings. The molecule has 1 aliphatic carbocycles. The number of aliphatic hydroxyl groups is 2. The molecule has 2 N–H and O–H groups in total. The van der Waals surface area contributed by atoms with Gasteiger partial charge >= 0.3 is 0 Å². The van der Waals surface area contributed by atoms with Crippen LogP contribution in [0.1, 0.15) is 29.6 Å². The van der Waals surface area contributed by atoms with Gasteiger partial charge in [-0.05, 0) is 23.5 Å². The molecule has 1 saturated carbocycles. The lowest BCUT2D eigenvalue weighted by Gasteiger charge is -2.22. The SMILES string of the molecule is OCC1(C(O)c2ccccc2)CC1c1ccccc1. The van der Waals surface area contributed by atoms with Crippen LogP contribution < -0.4 is 0 Å². The van der Waals surface area contributed by atoms with Gasteiger partial charge in [0.2, 0.25) is 0 Å². The second-order valence-corrected chi connectivity index (χ2v) is 5.37. The van der Waals surface area contributed by atoms with Crippen LogP contribution in [0, 0.1) is 5.41 Å². The topological polar surface area (TPSA) is 40.5 Å². The van der Waals surface area contributed by atoms with Gasteiger partial charge in [0.25, 0.3) is 0 Å². The summed E-state index contributed by atoms with van der Waals surface area (Å²) in [5.41, 5.74) is 1.67. The maximum Gasteiger partial charge on any atom is 0.0874 e. The molecule has 2 nitrogen and oxygen atoms in total. The molecule has 98 valence electrons. The molecule has 3 rings (SSSR count). The van der Waals surface area contributed by atoms with E-state index in [4.69, 9.17) is 0 Å². The fraction of sp³-hybridized carbons (Fsp3) is 0.294. The molecule has 1 aliphatic rings. The van der Waals surface area contributed by atoms with Gasteiger partial charge in [0.1, 0.15) is 0 Å². The molecule has 3 unspecified atom stereocenters. The molecule has 0 spiro atoms. The highest BCUT2D eigenvalue weighted by atomic mass is 16.3. The Hall–Kier alpha value is -1.64. The van der Waals surface area contributed by atoms with Gasteiger partial charge in [-0.3, -0.25) is 0 Å². The molecule has 0 radical (unpaired) electrons.